The number of aliphatic hydroxyl groups is 2. The summed E-state index contributed by atoms with van der Waals surface area (Å²) in [6.45, 7) is 2.55. The second kappa shape index (κ2) is 4.71. The van der Waals surface area contributed by atoms with E-state index < -0.39 is 12.2 Å². The van der Waals surface area contributed by atoms with Crippen LogP contribution in [-0.2, 0) is 0 Å². The summed E-state index contributed by atoms with van der Waals surface area (Å²) in [5.74, 6) is 3.85. The summed E-state index contributed by atoms with van der Waals surface area (Å²) in [6.07, 6.45) is 10.7. The van der Waals surface area contributed by atoms with E-state index in [1.54, 1.807) is 0 Å². The average Bonchev–Trinajstić information content (AvgIpc) is 2.84. The summed E-state index contributed by atoms with van der Waals surface area (Å²) in [6, 6.07) is 0. The molecule has 0 aromatic carbocycles. The van der Waals surface area contributed by atoms with E-state index in [0.29, 0.717) is 17.3 Å². The highest BCUT2D eigenvalue weighted by atomic mass is 16.3. The molecule has 8 atom stereocenters. The van der Waals surface area contributed by atoms with Gasteiger partial charge in [-0.1, -0.05) is 13.3 Å². The third-order valence-corrected chi connectivity index (χ3v) is 7.84. The van der Waals surface area contributed by atoms with E-state index in [0.717, 1.165) is 37.0 Å². The van der Waals surface area contributed by atoms with E-state index in [1.807, 2.05) is 0 Å². The maximum atomic E-state index is 10.4. The molecule has 0 radical (unpaired) electrons. The predicted molar refractivity (Wildman–Crippen MR) is 79.1 cm³/mol. The van der Waals surface area contributed by atoms with Crippen molar-refractivity contribution in [2.75, 3.05) is 0 Å². The van der Waals surface area contributed by atoms with Gasteiger partial charge < -0.3 is 10.2 Å². The molecule has 4 aliphatic carbocycles. The molecule has 0 aliphatic heterocycles. The Balaban J connectivity index is 1.58. The van der Waals surface area contributed by atoms with Crippen LogP contribution in [-0.4, -0.2) is 22.4 Å². The number of hydrogen-bond acceptors (Lipinski definition) is 2. The van der Waals surface area contributed by atoms with Gasteiger partial charge in [0, 0.05) is 0 Å². The molecular formula is C18H30O2. The van der Waals surface area contributed by atoms with Crippen LogP contribution in [0.3, 0.4) is 0 Å². The van der Waals surface area contributed by atoms with E-state index in [9.17, 15) is 10.2 Å². The standard InChI is InChI=1S/C18H30O2/c1-18-9-2-3-15(18)13-4-5-14-11(12(13)8-10-18)6-7-16(19)17(14)20/h11-17,19-20H,2-10H2,1H3/t11-,12-,13-,14-,15+,16+,17?,18+/m1/s1. The molecule has 0 aromatic rings. The molecule has 0 spiro atoms. The van der Waals surface area contributed by atoms with Gasteiger partial charge in [0.05, 0.1) is 12.2 Å². The molecule has 4 rings (SSSR count). The Morgan fingerprint density at radius 1 is 0.750 bits per heavy atom. The van der Waals surface area contributed by atoms with Crippen LogP contribution >= 0.6 is 0 Å². The molecule has 2 heteroatoms. The van der Waals surface area contributed by atoms with Gasteiger partial charge in [-0.15, -0.1) is 0 Å². The highest BCUT2D eigenvalue weighted by Crippen LogP contribution is 2.62. The summed E-state index contributed by atoms with van der Waals surface area (Å²) >= 11 is 0. The van der Waals surface area contributed by atoms with Crippen LogP contribution in [0.5, 0.6) is 0 Å². The molecule has 0 aromatic heterocycles. The molecular weight excluding hydrogens is 248 g/mol. The van der Waals surface area contributed by atoms with E-state index in [1.165, 1.54) is 38.5 Å². The van der Waals surface area contributed by atoms with Crippen molar-refractivity contribution in [2.24, 2.45) is 35.0 Å². The minimum Gasteiger partial charge on any atom is -0.390 e. The topological polar surface area (TPSA) is 40.5 Å². The van der Waals surface area contributed by atoms with Gasteiger partial charge in [0.15, 0.2) is 0 Å². The molecule has 4 fully saturated rings. The summed E-state index contributed by atoms with van der Waals surface area (Å²) < 4.78 is 0. The molecule has 2 N–H and O–H groups in total. The molecule has 4 saturated carbocycles. The highest BCUT2D eigenvalue weighted by molar-refractivity contribution is 5.04. The second-order valence-electron chi connectivity index (χ2n) is 8.56. The largest absolute Gasteiger partial charge is 0.390 e. The fourth-order valence-electron chi connectivity index (χ4n) is 6.84. The van der Waals surface area contributed by atoms with Crippen LogP contribution < -0.4 is 0 Å². The fraction of sp³-hybridized carbons (Fsp3) is 1.00. The monoisotopic (exact) mass is 278 g/mol. The molecule has 2 nitrogen and oxygen atoms in total. The zero-order valence-corrected chi connectivity index (χ0v) is 12.8. The van der Waals surface area contributed by atoms with Crippen molar-refractivity contribution >= 4 is 0 Å². The summed E-state index contributed by atoms with van der Waals surface area (Å²) in [4.78, 5) is 0. The molecule has 114 valence electrons. The Hall–Kier alpha value is -0.0800. The van der Waals surface area contributed by atoms with Crippen molar-refractivity contribution in [2.45, 2.75) is 76.9 Å². The lowest BCUT2D eigenvalue weighted by atomic mass is 9.50. The first kappa shape index (κ1) is 13.6. The Kier molecular flexibility index (Phi) is 3.20. The van der Waals surface area contributed by atoms with Crippen LogP contribution in [0.1, 0.15) is 64.7 Å². The van der Waals surface area contributed by atoms with Gasteiger partial charge in [0.25, 0.3) is 0 Å². The smallest absolute Gasteiger partial charge is 0.0829 e. The number of rotatable bonds is 0. The number of fused-ring (bicyclic) bond motifs is 5. The predicted octanol–water partition coefficient (Wildman–Crippen LogP) is 3.36. The van der Waals surface area contributed by atoms with Gasteiger partial charge in [0.1, 0.15) is 0 Å². The van der Waals surface area contributed by atoms with Crippen molar-refractivity contribution in [3.63, 3.8) is 0 Å². The molecule has 4 aliphatic rings. The van der Waals surface area contributed by atoms with Crippen LogP contribution in [0.15, 0.2) is 0 Å². The Morgan fingerprint density at radius 2 is 1.45 bits per heavy atom. The first-order chi connectivity index (χ1) is 9.60. The van der Waals surface area contributed by atoms with Crippen molar-refractivity contribution in [3.05, 3.63) is 0 Å². The lowest BCUT2D eigenvalue weighted by Gasteiger charge is -2.56. The van der Waals surface area contributed by atoms with E-state index in [4.69, 9.17) is 0 Å². The summed E-state index contributed by atoms with van der Waals surface area (Å²) in [7, 11) is 0. The van der Waals surface area contributed by atoms with Crippen molar-refractivity contribution in [1.82, 2.24) is 0 Å². The minimum atomic E-state index is -0.451. The van der Waals surface area contributed by atoms with Gasteiger partial charge >= 0.3 is 0 Å². The lowest BCUT2D eigenvalue weighted by Crippen LogP contribution is -2.52. The summed E-state index contributed by atoms with van der Waals surface area (Å²) in [5, 5.41) is 20.3. The Bertz CT molecular complexity index is 382. The Morgan fingerprint density at radius 3 is 2.30 bits per heavy atom. The average molecular weight is 278 g/mol. The minimum absolute atomic E-state index is 0.394. The molecule has 0 bridgehead atoms. The third-order valence-electron chi connectivity index (χ3n) is 7.84. The fourth-order valence-corrected chi connectivity index (χ4v) is 6.84. The van der Waals surface area contributed by atoms with Gasteiger partial charge in [0.2, 0.25) is 0 Å². The van der Waals surface area contributed by atoms with Crippen LogP contribution in [0, 0.1) is 35.0 Å². The molecule has 0 saturated heterocycles. The lowest BCUT2D eigenvalue weighted by molar-refractivity contribution is -0.127. The number of hydrogen-bond donors (Lipinski definition) is 2. The molecule has 0 heterocycles. The Labute approximate surface area is 123 Å². The van der Waals surface area contributed by atoms with Crippen LogP contribution in [0.25, 0.3) is 0 Å². The normalized spacial score (nSPS) is 58.6. The van der Waals surface area contributed by atoms with Gasteiger partial charge in [-0.05, 0) is 86.4 Å². The molecule has 20 heavy (non-hydrogen) atoms. The first-order valence-electron chi connectivity index (χ1n) is 8.96. The first-order valence-corrected chi connectivity index (χ1v) is 8.96. The van der Waals surface area contributed by atoms with Crippen molar-refractivity contribution in [1.29, 1.82) is 0 Å². The van der Waals surface area contributed by atoms with E-state index >= 15 is 0 Å². The highest BCUT2D eigenvalue weighted by Gasteiger charge is 2.54. The maximum Gasteiger partial charge on any atom is 0.0829 e. The quantitative estimate of drug-likeness (QED) is 0.713. The zero-order valence-electron chi connectivity index (χ0n) is 12.8. The van der Waals surface area contributed by atoms with Gasteiger partial charge in [-0.2, -0.15) is 0 Å². The van der Waals surface area contributed by atoms with E-state index in [2.05, 4.69) is 6.92 Å². The second-order valence-corrected chi connectivity index (χ2v) is 8.56. The molecule has 1 unspecified atom stereocenters. The SMILES string of the molecule is C[C@@]12CCC[C@H]1[C@@H]1CC[C@H]3C(O)[C@@H](O)CC[C@@H]3[C@H]1CC2. The van der Waals surface area contributed by atoms with Crippen molar-refractivity contribution in [3.8, 4) is 0 Å². The van der Waals surface area contributed by atoms with Crippen LogP contribution in [0.4, 0.5) is 0 Å². The van der Waals surface area contributed by atoms with Crippen LogP contribution in [0.2, 0.25) is 0 Å². The third kappa shape index (κ3) is 1.83. The zero-order chi connectivity index (χ0) is 13.9. The summed E-state index contributed by atoms with van der Waals surface area (Å²) in [5.41, 5.74) is 0.640. The van der Waals surface area contributed by atoms with Crippen molar-refractivity contribution < 1.29 is 10.2 Å². The molecule has 0 amide bonds. The number of aliphatic hydroxyl groups excluding tert-OH is 2. The van der Waals surface area contributed by atoms with E-state index in [-0.39, 0.29) is 0 Å². The maximum absolute atomic E-state index is 10.4. The van der Waals surface area contributed by atoms with Gasteiger partial charge in [-0.3, -0.25) is 0 Å². The van der Waals surface area contributed by atoms with Gasteiger partial charge in [-0.25, -0.2) is 0 Å².